The Balaban J connectivity index is 1.48. The summed E-state index contributed by atoms with van der Waals surface area (Å²) >= 11 is 0. The molecule has 0 saturated carbocycles. The Morgan fingerprint density at radius 2 is 0.583 bits per heavy atom. The van der Waals surface area contributed by atoms with E-state index < -0.39 is 0 Å². The van der Waals surface area contributed by atoms with Crippen LogP contribution in [0.5, 0.6) is 0 Å². The third-order valence-corrected chi connectivity index (χ3v) is 10.6. The van der Waals surface area contributed by atoms with Crippen LogP contribution < -0.4 is 22.9 Å². The van der Waals surface area contributed by atoms with Gasteiger partial charge in [-0.15, -0.1) is 0 Å². The van der Waals surface area contributed by atoms with Gasteiger partial charge in [-0.25, -0.2) is 9.97 Å². The first kappa shape index (κ1) is 37.0. The standard InChI is InChI=1S/C48H38N12/c49-45(50)29-9-1-5-25(21-29)41-33-13-15-35(57-33)42(26-6-2-10-30(22-26)46(51)52)37-17-19-39(59-37)44(28-8-4-12-32(24-28)48(55)56)40-20-18-38(60-40)43(36-16-14-34(41)58-36)27-7-3-11-31(23-27)47(53)54/h1-24,57,60H,(H3,49,50)(H3,51,52)(H3,53,54)(H3,55,56). The molecule has 60 heavy (non-hydrogen) atoms. The number of fused-ring (bicyclic) bond motifs is 8. The molecule has 2 aliphatic heterocycles. The summed E-state index contributed by atoms with van der Waals surface area (Å²) in [6.45, 7) is 0. The quantitative estimate of drug-likeness (QED) is 0.0534. The second-order valence-electron chi connectivity index (χ2n) is 14.5. The van der Waals surface area contributed by atoms with E-state index in [0.717, 1.165) is 66.6 Å². The van der Waals surface area contributed by atoms with Crippen molar-refractivity contribution >= 4 is 69.7 Å². The lowest BCUT2D eigenvalue weighted by Gasteiger charge is -2.09. The summed E-state index contributed by atoms with van der Waals surface area (Å²) in [7, 11) is 0. The minimum Gasteiger partial charge on any atom is -0.384 e. The number of nitrogens with two attached hydrogens (primary N) is 4. The molecule has 0 atom stereocenters. The Bertz CT molecular complexity index is 2810. The van der Waals surface area contributed by atoms with Crippen LogP contribution in [-0.4, -0.2) is 43.3 Å². The van der Waals surface area contributed by atoms with E-state index in [4.69, 9.17) is 54.5 Å². The average molecular weight is 783 g/mol. The van der Waals surface area contributed by atoms with Gasteiger partial charge in [0.2, 0.25) is 0 Å². The van der Waals surface area contributed by atoms with Crippen LogP contribution in [0.1, 0.15) is 45.0 Å². The number of rotatable bonds is 8. The van der Waals surface area contributed by atoms with E-state index in [1.165, 1.54) is 0 Å². The minimum absolute atomic E-state index is 0.0549. The fraction of sp³-hybridized carbons (Fsp3) is 0. The lowest BCUT2D eigenvalue weighted by molar-refractivity contribution is 1.31. The van der Waals surface area contributed by atoms with Crippen molar-refractivity contribution in [2.75, 3.05) is 0 Å². The summed E-state index contributed by atoms with van der Waals surface area (Å²) in [4.78, 5) is 18.0. The smallest absolute Gasteiger partial charge is 0.122 e. The van der Waals surface area contributed by atoms with Crippen LogP contribution in [0.3, 0.4) is 0 Å². The summed E-state index contributed by atoms with van der Waals surface area (Å²) < 4.78 is 0. The fourth-order valence-corrected chi connectivity index (χ4v) is 7.79. The number of nitrogens with zero attached hydrogens (tertiary/aromatic N) is 2. The molecule has 4 aromatic carbocycles. The number of aromatic nitrogens is 4. The van der Waals surface area contributed by atoms with Gasteiger partial charge in [0.15, 0.2) is 0 Å². The Morgan fingerprint density at radius 1 is 0.350 bits per heavy atom. The van der Waals surface area contributed by atoms with E-state index in [9.17, 15) is 0 Å². The molecule has 0 fully saturated rings. The molecule has 0 aliphatic carbocycles. The molecule has 3 aromatic heterocycles. The Morgan fingerprint density at radius 3 is 0.800 bits per heavy atom. The molecule has 12 heteroatoms. The third-order valence-electron chi connectivity index (χ3n) is 10.6. The van der Waals surface area contributed by atoms with Gasteiger partial charge in [-0.2, -0.15) is 0 Å². The Kier molecular flexibility index (Phi) is 9.06. The number of hydrogen-bond donors (Lipinski definition) is 10. The predicted molar refractivity (Wildman–Crippen MR) is 245 cm³/mol. The molecule has 0 spiro atoms. The van der Waals surface area contributed by atoms with E-state index in [1.807, 2.05) is 121 Å². The number of aromatic amines is 2. The van der Waals surface area contributed by atoms with E-state index in [1.54, 1.807) is 24.3 Å². The van der Waals surface area contributed by atoms with E-state index in [0.29, 0.717) is 45.0 Å². The summed E-state index contributed by atoms with van der Waals surface area (Å²) in [6.07, 6.45) is 7.88. The van der Waals surface area contributed by atoms with Crippen LogP contribution in [0.15, 0.2) is 121 Å². The molecule has 8 bridgehead atoms. The highest BCUT2D eigenvalue weighted by molar-refractivity contribution is 6.04. The van der Waals surface area contributed by atoms with Gasteiger partial charge >= 0.3 is 0 Å². The van der Waals surface area contributed by atoms with Crippen molar-refractivity contribution in [3.8, 4) is 44.5 Å². The van der Waals surface area contributed by atoms with E-state index >= 15 is 0 Å². The van der Waals surface area contributed by atoms with Crippen LogP contribution in [0.2, 0.25) is 0 Å². The molecule has 9 rings (SSSR count). The van der Waals surface area contributed by atoms with Gasteiger partial charge in [0.25, 0.3) is 0 Å². The highest BCUT2D eigenvalue weighted by Crippen LogP contribution is 2.39. The Labute approximate surface area is 344 Å². The lowest BCUT2D eigenvalue weighted by Crippen LogP contribution is -2.10. The molecule has 2 aliphatic rings. The average Bonchev–Trinajstić information content (AvgIpc) is 4.09. The van der Waals surface area contributed by atoms with Gasteiger partial charge in [-0.3, -0.25) is 21.6 Å². The van der Waals surface area contributed by atoms with Crippen LogP contribution in [0, 0.1) is 21.6 Å². The molecule has 0 unspecified atom stereocenters. The first-order valence-corrected chi connectivity index (χ1v) is 19.0. The van der Waals surface area contributed by atoms with E-state index in [-0.39, 0.29) is 23.3 Å². The molecule has 0 radical (unpaired) electrons. The molecular formula is C48H38N12. The highest BCUT2D eigenvalue weighted by atomic mass is 14.8. The molecule has 0 amide bonds. The van der Waals surface area contributed by atoms with E-state index in [2.05, 4.69) is 9.97 Å². The minimum atomic E-state index is -0.0549. The normalized spacial score (nSPS) is 11.7. The zero-order valence-electron chi connectivity index (χ0n) is 32.1. The topological polar surface area (TPSA) is 257 Å². The number of nitrogen functional groups attached to an aromatic ring is 4. The fourth-order valence-electron chi connectivity index (χ4n) is 7.79. The number of nitrogens with one attached hydrogen (secondary N) is 6. The van der Waals surface area contributed by atoms with Crippen molar-refractivity contribution in [3.05, 3.63) is 166 Å². The maximum absolute atomic E-state index is 8.23. The maximum atomic E-state index is 8.23. The van der Waals surface area contributed by atoms with Crippen molar-refractivity contribution in [2.45, 2.75) is 0 Å². The number of amidine groups is 4. The monoisotopic (exact) mass is 782 g/mol. The zero-order chi connectivity index (χ0) is 41.7. The van der Waals surface area contributed by atoms with Crippen molar-refractivity contribution in [2.24, 2.45) is 22.9 Å². The van der Waals surface area contributed by atoms with Crippen molar-refractivity contribution in [3.63, 3.8) is 0 Å². The van der Waals surface area contributed by atoms with Crippen LogP contribution >= 0.6 is 0 Å². The zero-order valence-corrected chi connectivity index (χ0v) is 32.1. The molecule has 290 valence electrons. The molecule has 7 aromatic rings. The summed E-state index contributed by atoms with van der Waals surface area (Å²) in [5.41, 5.74) is 38.3. The van der Waals surface area contributed by atoms with Gasteiger partial charge in [0, 0.05) is 66.6 Å². The van der Waals surface area contributed by atoms with Gasteiger partial charge in [0.05, 0.1) is 22.8 Å². The SMILES string of the molecule is N=C(N)c1cccc(-c2c3nc(c(-c4cccc(C(=N)N)c4)c4ccc([nH]4)c(-c4cccc(C(=N)N)c4)c4nc(c(-c5cccc(C(=N)N)c5)c5ccc2[nH]5)C=C4)C=C3)c1. The van der Waals surface area contributed by atoms with Gasteiger partial charge < -0.3 is 32.9 Å². The lowest BCUT2D eigenvalue weighted by atomic mass is 10.0. The summed E-state index contributed by atoms with van der Waals surface area (Å²) in [5, 5.41) is 32.9. The van der Waals surface area contributed by atoms with Crippen molar-refractivity contribution < 1.29 is 0 Å². The second-order valence-corrected chi connectivity index (χ2v) is 14.5. The molecule has 14 N–H and O–H groups in total. The molecule has 0 saturated heterocycles. The third kappa shape index (κ3) is 6.69. The van der Waals surface area contributed by atoms with Gasteiger partial charge in [-0.1, -0.05) is 72.8 Å². The predicted octanol–water partition coefficient (Wildman–Crippen LogP) is 8.46. The maximum Gasteiger partial charge on any atom is 0.122 e. The number of benzene rings is 4. The molecule has 12 nitrogen and oxygen atoms in total. The molecule has 5 heterocycles. The van der Waals surface area contributed by atoms with Gasteiger partial charge in [0.1, 0.15) is 23.3 Å². The first-order valence-electron chi connectivity index (χ1n) is 19.0. The van der Waals surface area contributed by atoms with Gasteiger partial charge in [-0.05, 0) is 95.1 Å². The largest absolute Gasteiger partial charge is 0.384 e. The molecular weight excluding hydrogens is 745 g/mol. The van der Waals surface area contributed by atoms with Crippen molar-refractivity contribution in [1.29, 1.82) is 21.6 Å². The highest BCUT2D eigenvalue weighted by Gasteiger charge is 2.20. The van der Waals surface area contributed by atoms with Crippen LogP contribution in [0.25, 0.3) is 90.9 Å². The second kappa shape index (κ2) is 14.7. The number of H-pyrrole nitrogens is 2. The van der Waals surface area contributed by atoms with Crippen LogP contribution in [-0.2, 0) is 0 Å². The number of hydrogen-bond acceptors (Lipinski definition) is 6. The first-order chi connectivity index (χ1) is 29.0. The summed E-state index contributed by atoms with van der Waals surface area (Å²) in [6, 6.07) is 38.1. The summed E-state index contributed by atoms with van der Waals surface area (Å²) in [5.74, 6) is -0.219. The van der Waals surface area contributed by atoms with Crippen LogP contribution in [0.4, 0.5) is 0 Å². The Hall–Kier alpha value is -8.64. The van der Waals surface area contributed by atoms with Crippen molar-refractivity contribution in [1.82, 2.24) is 19.9 Å².